The van der Waals surface area contributed by atoms with Crippen molar-refractivity contribution in [3.8, 4) is 6.01 Å². The Morgan fingerprint density at radius 3 is 2.75 bits per heavy atom. The molecule has 1 aromatic heterocycles. The Balaban J connectivity index is 2.16. The van der Waals surface area contributed by atoms with Gasteiger partial charge in [0.1, 0.15) is 0 Å². The molecular formula is C10H10ClN5O3S. The van der Waals surface area contributed by atoms with Crippen molar-refractivity contribution in [2.45, 2.75) is 4.90 Å². The highest BCUT2D eigenvalue weighted by atomic mass is 35.5. The first-order valence-electron chi connectivity index (χ1n) is 5.30. The summed E-state index contributed by atoms with van der Waals surface area (Å²) in [6.07, 6.45) is 2.44. The largest absolute Gasteiger partial charge is 0.363 e. The number of oxime groups is 1. The predicted octanol–water partition coefficient (Wildman–Crippen LogP) is 0.680. The van der Waals surface area contributed by atoms with Crippen molar-refractivity contribution in [3.05, 3.63) is 28.8 Å². The van der Waals surface area contributed by atoms with E-state index < -0.39 is 9.84 Å². The molecule has 2 rings (SSSR count). The summed E-state index contributed by atoms with van der Waals surface area (Å²) in [6, 6.07) is 4.43. The summed E-state index contributed by atoms with van der Waals surface area (Å²) >= 11 is 5.97. The minimum atomic E-state index is -3.29. The Bertz CT molecular complexity index is 756. The number of aryl methyl sites for hydroxylation is 1. The van der Waals surface area contributed by atoms with E-state index in [0.29, 0.717) is 5.56 Å². The standard InChI is InChI=1S/C10H10ClN5O3S/c1-16-10(13-14-15-16)19-12-6-7-3-4-8(5-9(7)11)20(2,17)18/h3-6H,1-2H3/b12-6+. The second-order valence-electron chi connectivity index (χ2n) is 3.87. The Kier molecular flexibility index (Phi) is 4.00. The molecule has 0 aliphatic rings. The number of rotatable bonds is 4. The van der Waals surface area contributed by atoms with Gasteiger partial charge in [0.15, 0.2) is 9.84 Å². The molecule has 0 bridgehead atoms. The maximum absolute atomic E-state index is 11.4. The van der Waals surface area contributed by atoms with E-state index in [1.54, 1.807) is 7.05 Å². The molecule has 0 atom stereocenters. The molecule has 0 saturated heterocycles. The van der Waals surface area contributed by atoms with Gasteiger partial charge in [-0.2, -0.15) is 4.68 Å². The zero-order valence-electron chi connectivity index (χ0n) is 10.6. The molecule has 0 unspecified atom stereocenters. The molecular weight excluding hydrogens is 306 g/mol. The third-order valence-corrected chi connectivity index (χ3v) is 3.75. The van der Waals surface area contributed by atoms with Gasteiger partial charge >= 0.3 is 6.01 Å². The molecule has 1 aromatic carbocycles. The van der Waals surface area contributed by atoms with Crippen LogP contribution < -0.4 is 4.84 Å². The van der Waals surface area contributed by atoms with Crippen molar-refractivity contribution in [3.63, 3.8) is 0 Å². The first-order chi connectivity index (χ1) is 9.38. The lowest BCUT2D eigenvalue weighted by Gasteiger charge is -2.01. The van der Waals surface area contributed by atoms with Crippen LogP contribution in [0.4, 0.5) is 0 Å². The second kappa shape index (κ2) is 5.55. The molecule has 106 valence electrons. The topological polar surface area (TPSA) is 99.3 Å². The van der Waals surface area contributed by atoms with Crippen molar-refractivity contribution < 1.29 is 13.3 Å². The van der Waals surface area contributed by atoms with Crippen LogP contribution in [0.2, 0.25) is 5.02 Å². The molecule has 0 amide bonds. The van der Waals surface area contributed by atoms with Crippen molar-refractivity contribution in [2.24, 2.45) is 12.2 Å². The summed E-state index contributed by atoms with van der Waals surface area (Å²) in [6.45, 7) is 0. The van der Waals surface area contributed by atoms with Crippen molar-refractivity contribution in [1.82, 2.24) is 20.2 Å². The van der Waals surface area contributed by atoms with E-state index >= 15 is 0 Å². The molecule has 8 nitrogen and oxygen atoms in total. The first kappa shape index (κ1) is 14.4. The van der Waals surface area contributed by atoms with E-state index in [0.717, 1.165) is 6.26 Å². The lowest BCUT2D eigenvalue weighted by Crippen LogP contribution is -1.99. The second-order valence-corrected chi connectivity index (χ2v) is 6.29. The number of halogens is 1. The first-order valence-corrected chi connectivity index (χ1v) is 7.57. The van der Waals surface area contributed by atoms with Crippen LogP contribution in [-0.2, 0) is 16.9 Å². The third-order valence-electron chi connectivity index (χ3n) is 2.31. The number of nitrogens with zero attached hydrogens (tertiary/aromatic N) is 5. The Morgan fingerprint density at radius 2 is 2.20 bits per heavy atom. The predicted molar refractivity (Wildman–Crippen MR) is 71.6 cm³/mol. The summed E-state index contributed by atoms with van der Waals surface area (Å²) in [5.41, 5.74) is 0.509. The highest BCUT2D eigenvalue weighted by molar-refractivity contribution is 7.90. The van der Waals surface area contributed by atoms with Gasteiger partial charge < -0.3 is 4.84 Å². The van der Waals surface area contributed by atoms with Crippen LogP contribution in [0.15, 0.2) is 28.3 Å². The lowest BCUT2D eigenvalue weighted by molar-refractivity contribution is 0.299. The summed E-state index contributed by atoms with van der Waals surface area (Å²) < 4.78 is 24.0. The van der Waals surface area contributed by atoms with Crippen LogP contribution in [0, 0.1) is 0 Å². The quantitative estimate of drug-likeness (QED) is 0.607. The molecule has 1 heterocycles. The zero-order valence-corrected chi connectivity index (χ0v) is 12.1. The molecule has 0 spiro atoms. The molecule has 10 heteroatoms. The van der Waals surface area contributed by atoms with Gasteiger partial charge in [0.2, 0.25) is 0 Å². The fraction of sp³-hybridized carbons (Fsp3) is 0.200. The maximum atomic E-state index is 11.4. The number of aromatic nitrogens is 4. The van der Waals surface area contributed by atoms with Gasteiger partial charge in [0.25, 0.3) is 0 Å². The SMILES string of the molecule is Cn1nnnc1O/N=C/c1ccc(S(C)(=O)=O)cc1Cl. The minimum absolute atomic E-state index is 0.116. The van der Waals surface area contributed by atoms with Gasteiger partial charge in [-0.1, -0.05) is 27.9 Å². The number of hydrogen-bond donors (Lipinski definition) is 0. The number of sulfone groups is 1. The normalized spacial score (nSPS) is 11.9. The zero-order chi connectivity index (χ0) is 14.8. The fourth-order valence-electron chi connectivity index (χ4n) is 1.27. The van der Waals surface area contributed by atoms with Gasteiger partial charge in [-0.05, 0) is 22.6 Å². The van der Waals surface area contributed by atoms with Crippen LogP contribution in [0.5, 0.6) is 6.01 Å². The fourth-order valence-corrected chi connectivity index (χ4v) is 2.21. The Hall–Kier alpha value is -2.00. The summed E-state index contributed by atoms with van der Waals surface area (Å²) in [5.74, 6) is 0. The number of tetrazole rings is 1. The molecule has 0 N–H and O–H groups in total. The van der Waals surface area contributed by atoms with Gasteiger partial charge in [0.05, 0.1) is 16.1 Å². The van der Waals surface area contributed by atoms with E-state index in [-0.39, 0.29) is 15.9 Å². The van der Waals surface area contributed by atoms with E-state index in [2.05, 4.69) is 20.7 Å². The molecule has 0 aliphatic carbocycles. The van der Waals surface area contributed by atoms with E-state index in [1.165, 1.54) is 29.1 Å². The molecule has 0 saturated carbocycles. The summed E-state index contributed by atoms with van der Waals surface area (Å²) in [4.78, 5) is 5.09. The van der Waals surface area contributed by atoms with E-state index in [4.69, 9.17) is 16.4 Å². The van der Waals surface area contributed by atoms with Crippen molar-refractivity contribution in [2.75, 3.05) is 6.26 Å². The summed E-state index contributed by atoms with van der Waals surface area (Å²) in [5, 5.41) is 14.4. The smallest absolute Gasteiger partial charge is 0.313 e. The highest BCUT2D eigenvalue weighted by Gasteiger charge is 2.09. The van der Waals surface area contributed by atoms with Crippen LogP contribution in [0.3, 0.4) is 0 Å². The van der Waals surface area contributed by atoms with Crippen LogP contribution in [0.25, 0.3) is 0 Å². The lowest BCUT2D eigenvalue weighted by atomic mass is 10.2. The Labute approximate surface area is 119 Å². The monoisotopic (exact) mass is 315 g/mol. The van der Waals surface area contributed by atoms with Gasteiger partial charge in [-0.25, -0.2) is 8.42 Å². The van der Waals surface area contributed by atoms with Crippen LogP contribution >= 0.6 is 11.6 Å². The van der Waals surface area contributed by atoms with Crippen molar-refractivity contribution in [1.29, 1.82) is 0 Å². The van der Waals surface area contributed by atoms with Crippen LogP contribution in [-0.4, -0.2) is 41.1 Å². The third kappa shape index (κ3) is 3.31. The summed E-state index contributed by atoms with van der Waals surface area (Å²) in [7, 11) is -1.70. The number of benzene rings is 1. The molecule has 0 fully saturated rings. The van der Waals surface area contributed by atoms with Gasteiger partial charge in [-0.3, -0.25) is 0 Å². The molecule has 2 aromatic rings. The molecule has 20 heavy (non-hydrogen) atoms. The van der Waals surface area contributed by atoms with Gasteiger partial charge in [-0.15, -0.1) is 0 Å². The maximum Gasteiger partial charge on any atom is 0.363 e. The van der Waals surface area contributed by atoms with Crippen LogP contribution in [0.1, 0.15) is 5.56 Å². The van der Waals surface area contributed by atoms with E-state index in [9.17, 15) is 8.42 Å². The molecule has 0 aliphatic heterocycles. The van der Waals surface area contributed by atoms with E-state index in [1.807, 2.05) is 0 Å². The highest BCUT2D eigenvalue weighted by Crippen LogP contribution is 2.19. The average Bonchev–Trinajstić information content (AvgIpc) is 2.76. The van der Waals surface area contributed by atoms with Crippen molar-refractivity contribution >= 4 is 27.7 Å². The minimum Gasteiger partial charge on any atom is -0.313 e. The molecule has 0 radical (unpaired) electrons. The number of hydrogen-bond acceptors (Lipinski definition) is 7. The average molecular weight is 316 g/mol. The Morgan fingerprint density at radius 1 is 1.45 bits per heavy atom. The van der Waals surface area contributed by atoms with Gasteiger partial charge in [0, 0.05) is 18.9 Å².